The van der Waals surface area contributed by atoms with E-state index in [0.717, 1.165) is 23.9 Å². The molecule has 112 valence electrons. The minimum atomic E-state index is 0.754. The van der Waals surface area contributed by atoms with Crippen molar-refractivity contribution in [1.82, 2.24) is 10.2 Å². The molecule has 0 aromatic heterocycles. The van der Waals surface area contributed by atoms with Crippen LogP contribution in [-0.4, -0.2) is 49.1 Å². The second-order valence-electron chi connectivity index (χ2n) is 6.58. The summed E-state index contributed by atoms with van der Waals surface area (Å²) in [6, 6.07) is 1.60. The van der Waals surface area contributed by atoms with Gasteiger partial charge in [-0.05, 0) is 57.4 Å². The van der Waals surface area contributed by atoms with Crippen LogP contribution < -0.4 is 5.32 Å². The Morgan fingerprint density at radius 3 is 2.74 bits per heavy atom. The number of hydrogen-bond acceptors (Lipinski definition) is 3. The fourth-order valence-corrected chi connectivity index (χ4v) is 5.30. The summed E-state index contributed by atoms with van der Waals surface area (Å²) in [4.78, 5) is 2.66. The molecule has 1 aliphatic heterocycles. The number of nitrogens with zero attached hydrogens (tertiary/aromatic N) is 1. The van der Waals surface area contributed by atoms with Crippen LogP contribution in [0.3, 0.4) is 0 Å². The zero-order valence-corrected chi connectivity index (χ0v) is 13.8. The standard InChI is InChI=1S/C16H32N2S/c1-4-5-13-6-7-16(17-2)14(10-13)11-18(3)15-8-9-19-12-15/h13-17H,4-12H2,1-3H3. The van der Waals surface area contributed by atoms with E-state index in [1.54, 1.807) is 0 Å². The normalized spacial score (nSPS) is 36.0. The molecule has 4 atom stereocenters. The first-order chi connectivity index (χ1) is 9.24. The second-order valence-corrected chi connectivity index (χ2v) is 7.73. The topological polar surface area (TPSA) is 15.3 Å². The van der Waals surface area contributed by atoms with Crippen LogP contribution in [-0.2, 0) is 0 Å². The highest BCUT2D eigenvalue weighted by Crippen LogP contribution is 2.33. The van der Waals surface area contributed by atoms with Gasteiger partial charge in [-0.3, -0.25) is 0 Å². The molecule has 2 rings (SSSR count). The van der Waals surface area contributed by atoms with Gasteiger partial charge in [-0.2, -0.15) is 11.8 Å². The van der Waals surface area contributed by atoms with Gasteiger partial charge in [-0.1, -0.05) is 19.8 Å². The maximum absolute atomic E-state index is 3.58. The van der Waals surface area contributed by atoms with E-state index >= 15 is 0 Å². The lowest BCUT2D eigenvalue weighted by molar-refractivity contribution is 0.135. The Kier molecular flexibility index (Phi) is 6.51. The second kappa shape index (κ2) is 7.90. The Bertz CT molecular complexity index is 253. The molecular formula is C16H32N2S. The quantitative estimate of drug-likeness (QED) is 0.806. The van der Waals surface area contributed by atoms with Gasteiger partial charge in [0.15, 0.2) is 0 Å². The Morgan fingerprint density at radius 2 is 2.11 bits per heavy atom. The molecule has 0 aromatic carbocycles. The number of rotatable bonds is 6. The first-order valence-electron chi connectivity index (χ1n) is 8.19. The summed E-state index contributed by atoms with van der Waals surface area (Å²) < 4.78 is 0. The van der Waals surface area contributed by atoms with Crippen molar-refractivity contribution in [3.8, 4) is 0 Å². The van der Waals surface area contributed by atoms with E-state index in [9.17, 15) is 0 Å². The Hall–Kier alpha value is 0.270. The SMILES string of the molecule is CCCC1CCC(NC)C(CN(C)C2CCSC2)C1. The van der Waals surface area contributed by atoms with Gasteiger partial charge in [-0.25, -0.2) is 0 Å². The van der Waals surface area contributed by atoms with Crippen LogP contribution in [0.2, 0.25) is 0 Å². The smallest absolute Gasteiger partial charge is 0.0191 e. The molecule has 0 amide bonds. The average molecular weight is 285 g/mol. The first-order valence-corrected chi connectivity index (χ1v) is 9.35. The summed E-state index contributed by atoms with van der Waals surface area (Å²) in [6.07, 6.45) is 8.48. The number of thioether (sulfide) groups is 1. The highest BCUT2D eigenvalue weighted by atomic mass is 32.2. The number of nitrogens with one attached hydrogen (secondary N) is 1. The maximum Gasteiger partial charge on any atom is 0.0191 e. The maximum atomic E-state index is 3.58. The lowest BCUT2D eigenvalue weighted by Gasteiger charge is -2.39. The van der Waals surface area contributed by atoms with Gasteiger partial charge in [0.05, 0.1) is 0 Å². The van der Waals surface area contributed by atoms with Crippen molar-refractivity contribution in [2.24, 2.45) is 11.8 Å². The largest absolute Gasteiger partial charge is 0.317 e. The van der Waals surface area contributed by atoms with Gasteiger partial charge in [0.2, 0.25) is 0 Å². The zero-order valence-electron chi connectivity index (χ0n) is 13.0. The lowest BCUT2D eigenvalue weighted by atomic mass is 9.76. The summed E-state index contributed by atoms with van der Waals surface area (Å²) in [6.45, 7) is 3.64. The highest BCUT2D eigenvalue weighted by molar-refractivity contribution is 7.99. The van der Waals surface area contributed by atoms with Crippen LogP contribution in [0.15, 0.2) is 0 Å². The van der Waals surface area contributed by atoms with Gasteiger partial charge in [-0.15, -0.1) is 0 Å². The Morgan fingerprint density at radius 1 is 1.26 bits per heavy atom. The molecule has 1 saturated carbocycles. The van der Waals surface area contributed by atoms with Crippen molar-refractivity contribution in [2.75, 3.05) is 32.1 Å². The predicted octanol–water partition coefficient (Wildman–Crippen LogP) is 3.23. The average Bonchev–Trinajstić information content (AvgIpc) is 2.93. The monoisotopic (exact) mass is 284 g/mol. The molecule has 19 heavy (non-hydrogen) atoms. The van der Waals surface area contributed by atoms with Crippen molar-refractivity contribution in [1.29, 1.82) is 0 Å². The van der Waals surface area contributed by atoms with Crippen LogP contribution in [0, 0.1) is 11.8 Å². The van der Waals surface area contributed by atoms with Gasteiger partial charge < -0.3 is 10.2 Å². The molecule has 4 unspecified atom stereocenters. The molecule has 1 saturated heterocycles. The zero-order chi connectivity index (χ0) is 13.7. The van der Waals surface area contributed by atoms with Crippen LogP contribution >= 0.6 is 11.8 Å². The molecule has 2 fully saturated rings. The van der Waals surface area contributed by atoms with Gasteiger partial charge in [0.25, 0.3) is 0 Å². The molecule has 0 radical (unpaired) electrons. The molecule has 0 aromatic rings. The minimum absolute atomic E-state index is 0.754. The van der Waals surface area contributed by atoms with Crippen LogP contribution in [0.25, 0.3) is 0 Å². The summed E-state index contributed by atoms with van der Waals surface area (Å²) in [5.41, 5.74) is 0. The van der Waals surface area contributed by atoms with Crippen molar-refractivity contribution in [3.63, 3.8) is 0 Å². The third kappa shape index (κ3) is 4.37. The fourth-order valence-electron chi connectivity index (χ4n) is 4.00. The molecular weight excluding hydrogens is 252 g/mol. The molecule has 1 heterocycles. The molecule has 1 N–H and O–H groups in total. The summed E-state index contributed by atoms with van der Waals surface area (Å²) >= 11 is 2.13. The summed E-state index contributed by atoms with van der Waals surface area (Å²) in [7, 11) is 4.51. The fraction of sp³-hybridized carbons (Fsp3) is 1.00. The summed E-state index contributed by atoms with van der Waals surface area (Å²) in [5.74, 6) is 4.58. The molecule has 0 bridgehead atoms. The highest BCUT2D eigenvalue weighted by Gasteiger charge is 2.31. The Labute approximate surface area is 124 Å². The van der Waals surface area contributed by atoms with E-state index in [2.05, 4.69) is 43.0 Å². The molecule has 2 nitrogen and oxygen atoms in total. The van der Waals surface area contributed by atoms with Crippen molar-refractivity contribution in [2.45, 2.75) is 57.5 Å². The van der Waals surface area contributed by atoms with E-state index in [0.29, 0.717) is 0 Å². The van der Waals surface area contributed by atoms with Crippen LogP contribution in [0.1, 0.15) is 45.4 Å². The molecule has 0 spiro atoms. The molecule has 3 heteroatoms. The van der Waals surface area contributed by atoms with Crippen LogP contribution in [0.4, 0.5) is 0 Å². The third-order valence-electron chi connectivity index (χ3n) is 5.21. The molecule has 2 aliphatic rings. The van der Waals surface area contributed by atoms with Crippen molar-refractivity contribution >= 4 is 11.8 Å². The summed E-state index contributed by atoms with van der Waals surface area (Å²) in [5, 5.41) is 3.58. The molecule has 1 aliphatic carbocycles. The van der Waals surface area contributed by atoms with Gasteiger partial charge in [0.1, 0.15) is 0 Å². The van der Waals surface area contributed by atoms with E-state index in [1.807, 2.05) is 0 Å². The van der Waals surface area contributed by atoms with Gasteiger partial charge in [0, 0.05) is 24.4 Å². The van der Waals surface area contributed by atoms with E-state index in [-0.39, 0.29) is 0 Å². The minimum Gasteiger partial charge on any atom is -0.317 e. The third-order valence-corrected chi connectivity index (χ3v) is 6.36. The predicted molar refractivity (Wildman–Crippen MR) is 86.9 cm³/mol. The van der Waals surface area contributed by atoms with Crippen LogP contribution in [0.5, 0.6) is 0 Å². The van der Waals surface area contributed by atoms with E-state index in [4.69, 9.17) is 0 Å². The van der Waals surface area contributed by atoms with Crippen molar-refractivity contribution < 1.29 is 0 Å². The lowest BCUT2D eigenvalue weighted by Crippen LogP contribution is -2.46. The Balaban J connectivity index is 1.86. The van der Waals surface area contributed by atoms with Gasteiger partial charge >= 0.3 is 0 Å². The van der Waals surface area contributed by atoms with Crippen molar-refractivity contribution in [3.05, 3.63) is 0 Å². The van der Waals surface area contributed by atoms with E-state index in [1.165, 1.54) is 56.6 Å². The first kappa shape index (κ1) is 15.7. The van der Waals surface area contributed by atoms with E-state index < -0.39 is 0 Å². The number of hydrogen-bond donors (Lipinski definition) is 1.